The fourth-order valence-corrected chi connectivity index (χ4v) is 3.08. The summed E-state index contributed by atoms with van der Waals surface area (Å²) < 4.78 is 26.1. The first-order valence-corrected chi connectivity index (χ1v) is 7.98. The van der Waals surface area contributed by atoms with Crippen molar-refractivity contribution in [3.8, 4) is 5.75 Å². The van der Waals surface area contributed by atoms with Crippen LogP contribution in [-0.4, -0.2) is 25.2 Å². The molecule has 1 aromatic carbocycles. The molecule has 0 aliphatic carbocycles. The second-order valence-corrected chi connectivity index (χ2v) is 6.47. The lowest BCUT2D eigenvalue weighted by atomic mass is 10.3. The summed E-state index contributed by atoms with van der Waals surface area (Å²) >= 11 is 8.60. The lowest BCUT2D eigenvalue weighted by Crippen LogP contribution is -2.17. The average molecular weight is 343 g/mol. The fourth-order valence-electron chi connectivity index (χ4n) is 1.20. The third kappa shape index (κ3) is 4.73. The molecule has 0 unspecified atom stereocenters. The number of nitrogens with one attached hydrogen (secondary N) is 1. The largest absolute Gasteiger partial charge is 0.507 e. The summed E-state index contributed by atoms with van der Waals surface area (Å²) in [5.74, 6) is 0.457. The molecule has 0 saturated heterocycles. The van der Waals surface area contributed by atoms with E-state index in [4.69, 9.17) is 11.6 Å². The van der Waals surface area contributed by atoms with Crippen molar-refractivity contribution in [2.45, 2.75) is 12.8 Å². The van der Waals surface area contributed by atoms with E-state index < -0.39 is 10.0 Å². The van der Waals surface area contributed by atoms with Gasteiger partial charge in [-0.1, -0.05) is 6.07 Å². The lowest BCUT2D eigenvalue weighted by Gasteiger charge is -2.10. The fraction of sp³-hybridized carbons (Fsp3) is 0.400. The zero-order chi connectivity index (χ0) is 12.9. The molecule has 1 aromatic rings. The molecule has 17 heavy (non-hydrogen) atoms. The van der Waals surface area contributed by atoms with Crippen molar-refractivity contribution in [2.24, 2.45) is 0 Å². The first-order chi connectivity index (χ1) is 7.96. The summed E-state index contributed by atoms with van der Waals surface area (Å²) in [7, 11) is -3.40. The number of sulfonamides is 1. The van der Waals surface area contributed by atoms with E-state index in [0.29, 0.717) is 28.9 Å². The Hall–Kier alpha value is -0.460. The molecule has 0 aliphatic heterocycles. The normalized spacial score (nSPS) is 11.4. The summed E-state index contributed by atoms with van der Waals surface area (Å²) in [6.45, 7) is 0. The number of phenolic OH excluding ortho intramolecular Hbond substituents is 1. The highest BCUT2D eigenvalue weighted by Crippen LogP contribution is 2.31. The summed E-state index contributed by atoms with van der Waals surface area (Å²) in [6.07, 6.45) is 1.17. The van der Waals surface area contributed by atoms with Crippen LogP contribution in [0.2, 0.25) is 0 Å². The van der Waals surface area contributed by atoms with Gasteiger partial charge >= 0.3 is 0 Å². The number of hydrogen-bond donors (Lipinski definition) is 2. The van der Waals surface area contributed by atoms with Crippen molar-refractivity contribution in [3.63, 3.8) is 0 Å². The summed E-state index contributed by atoms with van der Waals surface area (Å²) in [6, 6.07) is 4.61. The van der Waals surface area contributed by atoms with Crippen molar-refractivity contribution in [3.05, 3.63) is 22.7 Å². The molecular formula is C10H13BrClNO3S. The third-order valence-corrected chi connectivity index (χ3v) is 4.50. The second kappa shape index (κ2) is 6.47. The van der Waals surface area contributed by atoms with Gasteiger partial charge in [-0.2, -0.15) is 0 Å². The van der Waals surface area contributed by atoms with Gasteiger partial charge in [0.15, 0.2) is 0 Å². The summed E-state index contributed by atoms with van der Waals surface area (Å²) in [4.78, 5) is 0. The smallest absolute Gasteiger partial charge is 0.232 e. The van der Waals surface area contributed by atoms with Crippen LogP contribution in [0.3, 0.4) is 0 Å². The molecule has 7 heteroatoms. The van der Waals surface area contributed by atoms with Crippen molar-refractivity contribution >= 4 is 43.2 Å². The zero-order valence-corrected chi connectivity index (χ0v) is 12.1. The molecule has 2 N–H and O–H groups in total. The van der Waals surface area contributed by atoms with Crippen LogP contribution in [0.5, 0.6) is 5.75 Å². The van der Waals surface area contributed by atoms with E-state index in [-0.39, 0.29) is 11.5 Å². The maximum absolute atomic E-state index is 11.7. The number of hydrogen-bond acceptors (Lipinski definition) is 3. The van der Waals surface area contributed by atoms with Gasteiger partial charge in [-0.25, -0.2) is 8.42 Å². The van der Waals surface area contributed by atoms with Crippen molar-refractivity contribution in [2.75, 3.05) is 16.4 Å². The number of unbranched alkanes of at least 4 members (excludes halogenated alkanes) is 1. The number of benzene rings is 1. The highest BCUT2D eigenvalue weighted by molar-refractivity contribution is 9.10. The highest BCUT2D eigenvalue weighted by atomic mass is 79.9. The lowest BCUT2D eigenvalue weighted by molar-refractivity contribution is 0.472. The number of rotatable bonds is 6. The Balaban J connectivity index is 2.73. The molecule has 4 nitrogen and oxygen atoms in total. The van der Waals surface area contributed by atoms with E-state index in [2.05, 4.69) is 20.7 Å². The third-order valence-electron chi connectivity index (χ3n) is 2.04. The minimum absolute atomic E-state index is 0.00837. The van der Waals surface area contributed by atoms with Gasteiger partial charge in [0, 0.05) is 5.88 Å². The molecule has 0 radical (unpaired) electrons. The van der Waals surface area contributed by atoms with E-state index in [9.17, 15) is 13.5 Å². The highest BCUT2D eigenvalue weighted by Gasteiger charge is 2.13. The van der Waals surface area contributed by atoms with Gasteiger partial charge in [-0.15, -0.1) is 11.6 Å². The van der Waals surface area contributed by atoms with Crippen molar-refractivity contribution < 1.29 is 13.5 Å². The van der Waals surface area contributed by atoms with Crippen molar-refractivity contribution in [1.29, 1.82) is 0 Å². The van der Waals surface area contributed by atoms with Gasteiger partial charge < -0.3 is 5.11 Å². The number of anilines is 1. The van der Waals surface area contributed by atoms with Gasteiger partial charge in [0.05, 0.1) is 15.9 Å². The molecule has 1 rings (SSSR count). The van der Waals surface area contributed by atoms with Crippen LogP contribution < -0.4 is 4.72 Å². The van der Waals surface area contributed by atoms with Gasteiger partial charge in [0.25, 0.3) is 0 Å². The Morgan fingerprint density at radius 3 is 2.71 bits per heavy atom. The predicted octanol–water partition coefficient (Wildman–Crippen LogP) is 2.92. The number of alkyl halides is 1. The van der Waals surface area contributed by atoms with E-state index in [0.717, 1.165) is 0 Å². The molecule has 0 saturated carbocycles. The number of halogens is 2. The maximum atomic E-state index is 11.7. The van der Waals surface area contributed by atoms with E-state index in [1.54, 1.807) is 12.1 Å². The molecular weight excluding hydrogens is 330 g/mol. The molecule has 0 aliphatic rings. The molecule has 0 atom stereocenters. The Bertz CT molecular complexity index is 478. The Morgan fingerprint density at radius 1 is 1.35 bits per heavy atom. The topological polar surface area (TPSA) is 66.4 Å². The zero-order valence-electron chi connectivity index (χ0n) is 8.99. The first-order valence-electron chi connectivity index (χ1n) is 5.00. The standard InChI is InChI=1S/C10H13BrClNO3S/c11-10-8(4-3-5-9(10)14)13-17(15,16)7-2-1-6-12/h3-5,13-14H,1-2,6-7H2. The van der Waals surface area contributed by atoms with Crippen LogP contribution in [-0.2, 0) is 10.0 Å². The van der Waals surface area contributed by atoms with Gasteiger partial charge in [-0.05, 0) is 40.9 Å². The molecule has 0 amide bonds. The monoisotopic (exact) mass is 341 g/mol. The van der Waals surface area contributed by atoms with Crippen LogP contribution in [0.15, 0.2) is 22.7 Å². The first kappa shape index (κ1) is 14.6. The van der Waals surface area contributed by atoms with E-state index in [1.165, 1.54) is 6.07 Å². The van der Waals surface area contributed by atoms with Crippen LogP contribution >= 0.6 is 27.5 Å². The predicted molar refractivity (Wildman–Crippen MR) is 73.2 cm³/mol. The Morgan fingerprint density at radius 2 is 2.06 bits per heavy atom. The van der Waals surface area contributed by atoms with Crippen molar-refractivity contribution in [1.82, 2.24) is 0 Å². The SMILES string of the molecule is O=S(=O)(CCCCCl)Nc1cccc(O)c1Br. The number of phenols is 1. The minimum atomic E-state index is -3.40. The van der Waals surface area contributed by atoms with E-state index in [1.807, 2.05) is 0 Å². The minimum Gasteiger partial charge on any atom is -0.507 e. The quantitative estimate of drug-likeness (QED) is 0.617. The van der Waals surface area contributed by atoms with Gasteiger partial charge in [-0.3, -0.25) is 4.72 Å². The van der Waals surface area contributed by atoms with Crippen LogP contribution in [0.4, 0.5) is 5.69 Å². The second-order valence-electron chi connectivity index (χ2n) is 3.46. The number of aromatic hydroxyl groups is 1. The molecule has 0 aromatic heterocycles. The molecule has 0 heterocycles. The molecule has 96 valence electrons. The van der Waals surface area contributed by atoms with Crippen LogP contribution in [0, 0.1) is 0 Å². The summed E-state index contributed by atoms with van der Waals surface area (Å²) in [5.41, 5.74) is 0.330. The van der Waals surface area contributed by atoms with Crippen LogP contribution in [0.25, 0.3) is 0 Å². The molecule has 0 spiro atoms. The Labute approximate surface area is 114 Å². The van der Waals surface area contributed by atoms with Gasteiger partial charge in [0.2, 0.25) is 10.0 Å². The molecule has 0 bridgehead atoms. The van der Waals surface area contributed by atoms with Crippen LogP contribution in [0.1, 0.15) is 12.8 Å². The Kier molecular flexibility index (Phi) is 5.55. The van der Waals surface area contributed by atoms with Gasteiger partial charge in [0.1, 0.15) is 5.75 Å². The summed E-state index contributed by atoms with van der Waals surface area (Å²) in [5, 5.41) is 9.41. The van der Waals surface area contributed by atoms with E-state index >= 15 is 0 Å². The average Bonchev–Trinajstić information content (AvgIpc) is 2.25. The maximum Gasteiger partial charge on any atom is 0.232 e. The molecule has 0 fully saturated rings.